The van der Waals surface area contributed by atoms with E-state index in [9.17, 15) is 29.1 Å². The van der Waals surface area contributed by atoms with E-state index in [4.69, 9.17) is 15.2 Å². The minimum absolute atomic E-state index is 0.0115. The third-order valence-electron chi connectivity index (χ3n) is 8.95. The minimum Gasteiger partial charge on any atom is -0.480 e. The number of aliphatic carboxylic acids is 1. The molecule has 0 radical (unpaired) electrons. The second-order valence-electron chi connectivity index (χ2n) is 12.3. The van der Waals surface area contributed by atoms with Gasteiger partial charge in [-0.2, -0.15) is 0 Å². The number of rotatable bonds is 19. The van der Waals surface area contributed by atoms with Gasteiger partial charge in [-0.3, -0.25) is 24.0 Å². The van der Waals surface area contributed by atoms with E-state index >= 15 is 0 Å². The summed E-state index contributed by atoms with van der Waals surface area (Å²) < 4.78 is 11.6. The van der Waals surface area contributed by atoms with Crippen molar-refractivity contribution >= 4 is 35.5 Å². The van der Waals surface area contributed by atoms with Crippen molar-refractivity contribution in [3.63, 3.8) is 0 Å². The third-order valence-corrected chi connectivity index (χ3v) is 8.95. The Hall–Kier alpha value is -3.89. The van der Waals surface area contributed by atoms with Crippen molar-refractivity contribution in [3.8, 4) is 0 Å². The molecule has 0 aliphatic carbocycles. The Morgan fingerprint density at radius 1 is 1.15 bits per heavy atom. The summed E-state index contributed by atoms with van der Waals surface area (Å²) in [7, 11) is 4.65. The summed E-state index contributed by atoms with van der Waals surface area (Å²) in [6, 6.07) is -0.388. The number of aryl methyl sites for hydroxylation is 1. The van der Waals surface area contributed by atoms with Gasteiger partial charge in [0.15, 0.2) is 0 Å². The number of carbonyl (C=O) groups is 5. The highest BCUT2D eigenvalue weighted by Gasteiger charge is 2.42. The van der Waals surface area contributed by atoms with Crippen LogP contribution in [0.15, 0.2) is 6.07 Å². The lowest BCUT2D eigenvalue weighted by molar-refractivity contribution is -0.146. The van der Waals surface area contributed by atoms with Gasteiger partial charge in [0.05, 0.1) is 43.2 Å². The van der Waals surface area contributed by atoms with Gasteiger partial charge in [-0.1, -0.05) is 27.2 Å². The average molecular weight is 679 g/mol. The van der Waals surface area contributed by atoms with E-state index in [1.165, 1.54) is 21.1 Å². The van der Waals surface area contributed by atoms with Crippen molar-refractivity contribution in [1.82, 2.24) is 30.4 Å². The molecule has 16 nitrogen and oxygen atoms in total. The predicted octanol–water partition coefficient (Wildman–Crippen LogP) is 0.395. The molecule has 0 saturated carbocycles. The highest BCUT2D eigenvalue weighted by molar-refractivity contribution is 5.92. The molecule has 16 heteroatoms. The number of aromatic nitrogens is 2. The summed E-state index contributed by atoms with van der Waals surface area (Å²) in [4.78, 5) is 75.7. The van der Waals surface area contributed by atoms with Crippen LogP contribution in [0.2, 0.25) is 0 Å². The Morgan fingerprint density at radius 2 is 1.83 bits per heavy atom. The molecule has 2 heterocycles. The van der Waals surface area contributed by atoms with Gasteiger partial charge in [-0.15, -0.1) is 0 Å². The fraction of sp³-hybridized carbons (Fsp3) is 0.719. The first-order valence-electron chi connectivity index (χ1n) is 16.4. The largest absolute Gasteiger partial charge is 0.480 e. The highest BCUT2D eigenvalue weighted by atomic mass is 16.5. The lowest BCUT2D eigenvalue weighted by atomic mass is 9.90. The number of methoxy groups -OCH3 is 2. The molecule has 1 saturated heterocycles. The van der Waals surface area contributed by atoms with E-state index in [0.717, 1.165) is 0 Å². The Morgan fingerprint density at radius 3 is 2.42 bits per heavy atom. The lowest BCUT2D eigenvalue weighted by Crippen LogP contribution is -2.54. The molecular weight excluding hydrogens is 624 g/mol. The molecule has 2 rings (SSSR count). The van der Waals surface area contributed by atoms with E-state index in [0.29, 0.717) is 38.0 Å². The van der Waals surface area contributed by atoms with Gasteiger partial charge in [0.1, 0.15) is 11.7 Å². The van der Waals surface area contributed by atoms with Crippen LogP contribution in [0.3, 0.4) is 0 Å². The van der Waals surface area contributed by atoms with E-state index < -0.39 is 54.0 Å². The van der Waals surface area contributed by atoms with Gasteiger partial charge in [0.2, 0.25) is 23.7 Å². The first kappa shape index (κ1) is 40.3. The second kappa shape index (κ2) is 19.2. The quantitative estimate of drug-likeness (QED) is 0.134. The van der Waals surface area contributed by atoms with Crippen LogP contribution in [0.5, 0.6) is 0 Å². The third kappa shape index (κ3) is 10.8. The average Bonchev–Trinajstić information content (AvgIpc) is 3.54. The summed E-state index contributed by atoms with van der Waals surface area (Å²) >= 11 is 0. The second-order valence-corrected chi connectivity index (χ2v) is 12.3. The molecule has 7 atom stereocenters. The molecule has 6 unspecified atom stereocenters. The molecule has 4 amide bonds. The molecule has 6 N–H and O–H groups in total. The Kier molecular flexibility index (Phi) is 16.1. The molecule has 1 aliphatic rings. The predicted molar refractivity (Wildman–Crippen MR) is 178 cm³/mol. The topological polar surface area (TPSA) is 218 Å². The van der Waals surface area contributed by atoms with Crippen LogP contribution in [-0.2, 0) is 28.7 Å². The normalized spacial score (nSPS) is 18.2. The number of amides is 4. The number of ether oxygens (including phenoxy) is 2. The fourth-order valence-corrected chi connectivity index (χ4v) is 6.05. The summed E-state index contributed by atoms with van der Waals surface area (Å²) in [5.41, 5.74) is 6.16. The maximum absolute atomic E-state index is 13.8. The van der Waals surface area contributed by atoms with Crippen molar-refractivity contribution in [1.29, 1.82) is 0 Å². The summed E-state index contributed by atoms with van der Waals surface area (Å²) in [5.74, 6) is -3.13. The number of nitrogens with zero attached hydrogens (tertiary/aromatic N) is 4. The van der Waals surface area contributed by atoms with Crippen LogP contribution >= 0.6 is 0 Å². The van der Waals surface area contributed by atoms with Gasteiger partial charge in [-0.25, -0.2) is 9.97 Å². The maximum atomic E-state index is 13.8. The Balaban J connectivity index is 2.18. The number of carboxylic acids is 1. The first-order chi connectivity index (χ1) is 22.7. The number of likely N-dealkylation sites (tertiary alicyclic amines) is 1. The Labute approximate surface area is 282 Å². The van der Waals surface area contributed by atoms with Crippen molar-refractivity contribution in [2.24, 2.45) is 17.6 Å². The van der Waals surface area contributed by atoms with Gasteiger partial charge in [-0.05, 0) is 38.7 Å². The fourth-order valence-electron chi connectivity index (χ4n) is 6.05. The van der Waals surface area contributed by atoms with Crippen molar-refractivity contribution in [3.05, 3.63) is 17.5 Å². The van der Waals surface area contributed by atoms with E-state index in [-0.39, 0.29) is 48.9 Å². The summed E-state index contributed by atoms with van der Waals surface area (Å²) in [6.07, 6.45) is 0.728. The van der Waals surface area contributed by atoms with Crippen molar-refractivity contribution < 1.29 is 38.6 Å². The molecule has 1 fully saturated rings. The molecule has 1 aliphatic heterocycles. The maximum Gasteiger partial charge on any atom is 0.325 e. The smallest absolute Gasteiger partial charge is 0.325 e. The number of nitrogens with two attached hydrogens (primary N) is 1. The Bertz CT molecular complexity index is 1270. The van der Waals surface area contributed by atoms with Gasteiger partial charge < -0.3 is 46.1 Å². The molecule has 0 spiro atoms. The zero-order valence-electron chi connectivity index (χ0n) is 29.4. The minimum atomic E-state index is -1.15. The highest BCUT2D eigenvalue weighted by Crippen LogP contribution is 2.29. The zero-order chi connectivity index (χ0) is 36.1. The van der Waals surface area contributed by atoms with Crippen LogP contribution in [-0.4, -0.2) is 132 Å². The molecule has 0 bridgehead atoms. The van der Waals surface area contributed by atoms with Gasteiger partial charge in [0.25, 0.3) is 5.91 Å². The number of hydrogen-bond donors (Lipinski definition) is 5. The number of anilines is 1. The first-order valence-corrected chi connectivity index (χ1v) is 16.4. The van der Waals surface area contributed by atoms with E-state index in [1.807, 2.05) is 13.8 Å². The standard InChI is InChI=1S/C32H54N8O8/c1-9-18(2)27(39(6)26(42)17-35-32-36-19(3)15-22(38-32)30(44)34-13-12-33)24(47-7)16-25(41)40-14-10-11-23(40)28(48-8)20(4)29(43)37-21(5)31(45)46/h15,18,20-21,23-24,27-28H,9-14,16-17,33H2,1-8H3,(H,34,44)(H,37,43)(H,45,46)(H,35,36,38)/t18?,20?,21-,23?,24?,27?,28?/m0/s1. The molecule has 48 heavy (non-hydrogen) atoms. The van der Waals surface area contributed by atoms with Gasteiger partial charge >= 0.3 is 5.97 Å². The van der Waals surface area contributed by atoms with Crippen LogP contribution in [0.25, 0.3) is 0 Å². The monoisotopic (exact) mass is 678 g/mol. The SMILES string of the molecule is CCC(C)C(C(CC(=O)N1CCCC1C(OC)C(C)C(=O)N[C@@H](C)C(=O)O)OC)N(C)C(=O)CNc1nc(C)cc(C(=O)NCCN)n1. The molecular formula is C32H54N8O8. The van der Waals surface area contributed by atoms with Crippen molar-refractivity contribution in [2.75, 3.05) is 52.8 Å². The lowest BCUT2D eigenvalue weighted by Gasteiger charge is -2.39. The number of carbonyl (C=O) groups excluding carboxylic acids is 4. The number of hydrogen-bond acceptors (Lipinski definition) is 11. The molecule has 1 aromatic rings. The summed E-state index contributed by atoms with van der Waals surface area (Å²) in [6.45, 7) is 9.63. The number of likely N-dealkylation sites (N-methyl/N-ethyl adjacent to an activating group) is 1. The summed E-state index contributed by atoms with van der Waals surface area (Å²) in [5, 5.41) is 17.3. The van der Waals surface area contributed by atoms with Crippen LogP contribution < -0.4 is 21.7 Å². The van der Waals surface area contributed by atoms with E-state index in [2.05, 4.69) is 25.9 Å². The number of carboxylic acid groups (broad SMARTS) is 1. The molecule has 1 aromatic heterocycles. The van der Waals surface area contributed by atoms with Crippen LogP contribution in [0.1, 0.15) is 69.6 Å². The van der Waals surface area contributed by atoms with Crippen molar-refractivity contribution in [2.45, 2.75) is 90.6 Å². The number of nitrogens with one attached hydrogen (secondary N) is 3. The molecule has 270 valence electrons. The molecule has 0 aromatic carbocycles. The van der Waals surface area contributed by atoms with Crippen LogP contribution in [0.4, 0.5) is 5.95 Å². The van der Waals surface area contributed by atoms with E-state index in [1.54, 1.807) is 36.8 Å². The zero-order valence-corrected chi connectivity index (χ0v) is 29.4. The van der Waals surface area contributed by atoms with Crippen LogP contribution in [0, 0.1) is 18.8 Å². The van der Waals surface area contributed by atoms with Gasteiger partial charge in [0, 0.05) is 46.6 Å².